The van der Waals surface area contributed by atoms with Gasteiger partial charge in [0.25, 0.3) is 0 Å². The molecule has 0 radical (unpaired) electrons. The largest absolute Gasteiger partial charge is 0.454 e. The Labute approximate surface area is 145 Å². The maximum absolute atomic E-state index is 12.5. The fourth-order valence-corrected chi connectivity index (χ4v) is 3.27. The number of aryl methyl sites for hydroxylation is 1. The molecule has 2 aromatic rings. The molecule has 0 unspecified atom stereocenters. The van der Waals surface area contributed by atoms with Crippen LogP contribution in [-0.2, 0) is 4.74 Å². The SMILES string of the molecule is Cc1cc(C(=O)COC(=O)c2ccc3c(c2)OCO3)c(C)n1C1CC1. The van der Waals surface area contributed by atoms with Gasteiger partial charge < -0.3 is 18.8 Å². The zero-order valence-corrected chi connectivity index (χ0v) is 14.2. The number of Topliss-reactive ketones (excluding diaryl/α,β-unsaturated/α-hetero) is 1. The van der Waals surface area contributed by atoms with E-state index < -0.39 is 5.97 Å². The van der Waals surface area contributed by atoms with Crippen molar-refractivity contribution in [1.82, 2.24) is 4.57 Å². The number of hydrogen-bond acceptors (Lipinski definition) is 5. The van der Waals surface area contributed by atoms with Crippen LogP contribution >= 0.6 is 0 Å². The van der Waals surface area contributed by atoms with E-state index in [0.717, 1.165) is 24.2 Å². The van der Waals surface area contributed by atoms with E-state index in [4.69, 9.17) is 14.2 Å². The minimum Gasteiger partial charge on any atom is -0.454 e. The van der Waals surface area contributed by atoms with Crippen LogP contribution in [0.1, 0.15) is 51.0 Å². The van der Waals surface area contributed by atoms with Crippen LogP contribution in [0.15, 0.2) is 24.3 Å². The highest BCUT2D eigenvalue weighted by molar-refractivity contribution is 6.00. The topological polar surface area (TPSA) is 66.8 Å². The monoisotopic (exact) mass is 341 g/mol. The highest BCUT2D eigenvalue weighted by Crippen LogP contribution is 2.38. The molecule has 1 aromatic carbocycles. The highest BCUT2D eigenvalue weighted by Gasteiger charge is 2.28. The second-order valence-corrected chi connectivity index (χ2v) is 6.45. The maximum atomic E-state index is 12.5. The fourth-order valence-electron chi connectivity index (χ4n) is 3.27. The molecule has 1 fully saturated rings. The molecular formula is C19H19NO5. The van der Waals surface area contributed by atoms with Gasteiger partial charge in [0.15, 0.2) is 18.1 Å². The van der Waals surface area contributed by atoms with Gasteiger partial charge in [-0.05, 0) is 51.0 Å². The van der Waals surface area contributed by atoms with Crippen molar-refractivity contribution >= 4 is 11.8 Å². The molecule has 1 aliphatic heterocycles. The minimum atomic E-state index is -0.553. The van der Waals surface area contributed by atoms with Crippen LogP contribution < -0.4 is 9.47 Å². The van der Waals surface area contributed by atoms with E-state index >= 15 is 0 Å². The van der Waals surface area contributed by atoms with Crippen LogP contribution in [-0.4, -0.2) is 29.7 Å². The number of aromatic nitrogens is 1. The Morgan fingerprint density at radius 2 is 1.92 bits per heavy atom. The molecule has 0 spiro atoms. The van der Waals surface area contributed by atoms with Gasteiger partial charge >= 0.3 is 5.97 Å². The Balaban J connectivity index is 1.43. The quantitative estimate of drug-likeness (QED) is 0.617. The number of carbonyl (C=O) groups is 2. The standard InChI is InChI=1S/C19H19NO5/c1-11-7-15(12(2)20(11)14-4-5-14)16(21)9-23-19(22)13-3-6-17-18(8-13)25-10-24-17/h3,6-8,14H,4-5,9-10H2,1-2H3. The average Bonchev–Trinajstić information content (AvgIpc) is 3.23. The molecule has 1 aromatic heterocycles. The van der Waals surface area contributed by atoms with Crippen LogP contribution in [0, 0.1) is 13.8 Å². The molecule has 0 N–H and O–H groups in total. The van der Waals surface area contributed by atoms with Crippen molar-refractivity contribution in [2.24, 2.45) is 0 Å². The van der Waals surface area contributed by atoms with E-state index in [1.807, 2.05) is 19.9 Å². The van der Waals surface area contributed by atoms with E-state index in [1.165, 1.54) is 0 Å². The number of esters is 1. The first-order chi connectivity index (χ1) is 12.0. The van der Waals surface area contributed by atoms with E-state index in [2.05, 4.69) is 4.57 Å². The summed E-state index contributed by atoms with van der Waals surface area (Å²) >= 11 is 0. The van der Waals surface area contributed by atoms with E-state index in [-0.39, 0.29) is 19.2 Å². The van der Waals surface area contributed by atoms with Crippen LogP contribution in [0.5, 0.6) is 11.5 Å². The molecule has 6 heteroatoms. The second kappa shape index (κ2) is 5.95. The Hall–Kier alpha value is -2.76. The third-order valence-electron chi connectivity index (χ3n) is 4.64. The van der Waals surface area contributed by atoms with Crippen molar-refractivity contribution in [2.75, 3.05) is 13.4 Å². The van der Waals surface area contributed by atoms with Gasteiger partial charge in [0.1, 0.15) is 0 Å². The lowest BCUT2D eigenvalue weighted by atomic mass is 10.1. The predicted molar refractivity (Wildman–Crippen MR) is 89.4 cm³/mol. The molecule has 0 bridgehead atoms. The summed E-state index contributed by atoms with van der Waals surface area (Å²) in [6, 6.07) is 7.21. The van der Waals surface area contributed by atoms with Gasteiger partial charge in [-0.2, -0.15) is 0 Å². The number of carbonyl (C=O) groups excluding carboxylic acids is 2. The molecule has 130 valence electrons. The lowest BCUT2D eigenvalue weighted by molar-refractivity contribution is 0.0474. The van der Waals surface area contributed by atoms with Crippen molar-refractivity contribution in [3.05, 3.63) is 46.8 Å². The highest BCUT2D eigenvalue weighted by atomic mass is 16.7. The number of fused-ring (bicyclic) bond motifs is 1. The summed E-state index contributed by atoms with van der Waals surface area (Å²) in [6.07, 6.45) is 2.31. The van der Waals surface area contributed by atoms with Crippen LogP contribution in [0.25, 0.3) is 0 Å². The van der Waals surface area contributed by atoms with E-state index in [9.17, 15) is 9.59 Å². The normalized spacial score (nSPS) is 15.3. The van der Waals surface area contributed by atoms with Gasteiger partial charge in [-0.3, -0.25) is 4.79 Å². The maximum Gasteiger partial charge on any atom is 0.338 e. The molecule has 0 saturated heterocycles. The van der Waals surface area contributed by atoms with Gasteiger partial charge in [-0.25, -0.2) is 4.79 Å². The number of nitrogens with zero attached hydrogens (tertiary/aromatic N) is 1. The average molecular weight is 341 g/mol. The van der Waals surface area contributed by atoms with Crippen molar-refractivity contribution in [2.45, 2.75) is 32.7 Å². The molecule has 4 rings (SSSR count). The Morgan fingerprint density at radius 3 is 2.68 bits per heavy atom. The van der Waals surface area contributed by atoms with Gasteiger partial charge in [0, 0.05) is 23.0 Å². The molecule has 2 aliphatic rings. The number of ether oxygens (including phenoxy) is 3. The van der Waals surface area contributed by atoms with Crippen LogP contribution in [0.3, 0.4) is 0 Å². The van der Waals surface area contributed by atoms with Crippen molar-refractivity contribution < 1.29 is 23.8 Å². The Kier molecular flexibility index (Phi) is 3.75. The van der Waals surface area contributed by atoms with Gasteiger partial charge in [-0.15, -0.1) is 0 Å². The molecule has 25 heavy (non-hydrogen) atoms. The molecule has 2 heterocycles. The summed E-state index contributed by atoms with van der Waals surface area (Å²) in [7, 11) is 0. The molecule has 0 atom stereocenters. The summed E-state index contributed by atoms with van der Waals surface area (Å²) in [5.74, 6) is 0.366. The summed E-state index contributed by atoms with van der Waals surface area (Å²) in [4.78, 5) is 24.6. The summed E-state index contributed by atoms with van der Waals surface area (Å²) in [6.45, 7) is 3.81. The smallest absolute Gasteiger partial charge is 0.338 e. The van der Waals surface area contributed by atoms with Gasteiger partial charge in [0.2, 0.25) is 12.6 Å². The first-order valence-electron chi connectivity index (χ1n) is 8.33. The zero-order chi connectivity index (χ0) is 17.6. The Bertz CT molecular complexity index is 863. The summed E-state index contributed by atoms with van der Waals surface area (Å²) < 4.78 is 17.8. The lowest BCUT2D eigenvalue weighted by Crippen LogP contribution is -2.15. The fraction of sp³-hybridized carbons (Fsp3) is 0.368. The van der Waals surface area contributed by atoms with Gasteiger partial charge in [0.05, 0.1) is 5.56 Å². The van der Waals surface area contributed by atoms with Crippen molar-refractivity contribution in [3.63, 3.8) is 0 Å². The first kappa shape index (κ1) is 15.7. The number of hydrogen-bond donors (Lipinski definition) is 0. The molecular weight excluding hydrogens is 322 g/mol. The number of rotatable bonds is 5. The molecule has 0 amide bonds. The van der Waals surface area contributed by atoms with E-state index in [1.54, 1.807) is 18.2 Å². The molecule has 1 aliphatic carbocycles. The number of benzene rings is 1. The third-order valence-corrected chi connectivity index (χ3v) is 4.64. The lowest BCUT2D eigenvalue weighted by Gasteiger charge is -2.08. The third kappa shape index (κ3) is 2.88. The predicted octanol–water partition coefficient (Wildman–Crippen LogP) is 3.21. The van der Waals surface area contributed by atoms with E-state index in [0.29, 0.717) is 28.7 Å². The second-order valence-electron chi connectivity index (χ2n) is 6.45. The molecule has 1 saturated carbocycles. The summed E-state index contributed by atoms with van der Waals surface area (Å²) in [5, 5.41) is 0. The van der Waals surface area contributed by atoms with Crippen LogP contribution in [0.4, 0.5) is 0 Å². The van der Waals surface area contributed by atoms with Crippen molar-refractivity contribution in [1.29, 1.82) is 0 Å². The summed E-state index contributed by atoms with van der Waals surface area (Å²) in [5.41, 5.74) is 2.98. The Morgan fingerprint density at radius 1 is 1.16 bits per heavy atom. The molecule has 6 nitrogen and oxygen atoms in total. The number of ketones is 1. The van der Waals surface area contributed by atoms with Crippen molar-refractivity contribution in [3.8, 4) is 11.5 Å². The first-order valence-corrected chi connectivity index (χ1v) is 8.33. The zero-order valence-electron chi connectivity index (χ0n) is 14.2. The minimum absolute atomic E-state index is 0.142. The van der Waals surface area contributed by atoms with Gasteiger partial charge in [-0.1, -0.05) is 0 Å². The van der Waals surface area contributed by atoms with Crippen LogP contribution in [0.2, 0.25) is 0 Å².